The summed E-state index contributed by atoms with van der Waals surface area (Å²) < 4.78 is 0. The molecule has 1 aromatic rings. The van der Waals surface area contributed by atoms with Crippen molar-refractivity contribution in [1.82, 2.24) is 5.32 Å². The Labute approximate surface area is 114 Å². The van der Waals surface area contributed by atoms with E-state index >= 15 is 0 Å². The zero-order valence-electron chi connectivity index (χ0n) is 11.2. The average Bonchev–Trinajstić information content (AvgIpc) is 2.40. The fraction of sp³-hybridized carbons (Fsp3) is 0.600. The van der Waals surface area contributed by atoms with Crippen molar-refractivity contribution in [3.63, 3.8) is 0 Å². The Morgan fingerprint density at radius 1 is 1.39 bits per heavy atom. The summed E-state index contributed by atoms with van der Waals surface area (Å²) in [4.78, 5) is 0. The molecule has 2 N–H and O–H groups in total. The van der Waals surface area contributed by atoms with Crippen molar-refractivity contribution >= 4 is 11.8 Å². The largest absolute Gasteiger partial charge is 0.395 e. The standard InChI is InChI=1S/C15H23NOS/c1-11(15(10-17)18-2)16-14-8-7-12-5-3-4-6-13(12)9-14/h3-6,11,14-17H,7-10H2,1-2H3. The molecule has 100 valence electrons. The molecule has 3 heteroatoms. The average molecular weight is 265 g/mol. The Hall–Kier alpha value is -0.510. The normalized spacial score (nSPS) is 22.3. The first-order chi connectivity index (χ1) is 8.74. The molecule has 0 heterocycles. The summed E-state index contributed by atoms with van der Waals surface area (Å²) in [5.74, 6) is 0. The lowest BCUT2D eigenvalue weighted by Gasteiger charge is -2.31. The molecular weight excluding hydrogens is 242 g/mol. The minimum Gasteiger partial charge on any atom is -0.395 e. The molecule has 0 radical (unpaired) electrons. The molecule has 18 heavy (non-hydrogen) atoms. The second-order valence-electron chi connectivity index (χ2n) is 5.12. The second-order valence-corrected chi connectivity index (χ2v) is 6.20. The molecule has 0 saturated carbocycles. The van der Waals surface area contributed by atoms with Crippen LogP contribution in [0.3, 0.4) is 0 Å². The van der Waals surface area contributed by atoms with Gasteiger partial charge in [0.2, 0.25) is 0 Å². The topological polar surface area (TPSA) is 32.3 Å². The van der Waals surface area contributed by atoms with E-state index in [0.717, 1.165) is 6.42 Å². The number of aliphatic hydroxyl groups excluding tert-OH is 1. The van der Waals surface area contributed by atoms with E-state index in [1.165, 1.54) is 24.0 Å². The number of aliphatic hydroxyl groups is 1. The number of fused-ring (bicyclic) bond motifs is 1. The zero-order chi connectivity index (χ0) is 13.0. The third kappa shape index (κ3) is 3.28. The molecule has 0 aliphatic heterocycles. The Balaban J connectivity index is 1.93. The maximum Gasteiger partial charge on any atom is 0.0564 e. The van der Waals surface area contributed by atoms with Gasteiger partial charge in [-0.1, -0.05) is 24.3 Å². The molecule has 2 nitrogen and oxygen atoms in total. The van der Waals surface area contributed by atoms with E-state index in [-0.39, 0.29) is 6.61 Å². The molecule has 1 aliphatic carbocycles. The van der Waals surface area contributed by atoms with Crippen LogP contribution in [0.25, 0.3) is 0 Å². The first-order valence-electron chi connectivity index (χ1n) is 6.71. The highest BCUT2D eigenvalue weighted by Gasteiger charge is 2.22. The van der Waals surface area contributed by atoms with Crippen molar-refractivity contribution in [3.05, 3.63) is 35.4 Å². The fourth-order valence-corrected chi connectivity index (χ4v) is 3.39. The fourth-order valence-electron chi connectivity index (χ4n) is 2.76. The molecule has 0 saturated heterocycles. The van der Waals surface area contributed by atoms with Gasteiger partial charge in [0.25, 0.3) is 0 Å². The summed E-state index contributed by atoms with van der Waals surface area (Å²) in [7, 11) is 0. The monoisotopic (exact) mass is 265 g/mol. The van der Waals surface area contributed by atoms with Gasteiger partial charge >= 0.3 is 0 Å². The van der Waals surface area contributed by atoms with Gasteiger partial charge < -0.3 is 10.4 Å². The summed E-state index contributed by atoms with van der Waals surface area (Å²) >= 11 is 1.74. The molecule has 0 spiro atoms. The van der Waals surface area contributed by atoms with E-state index in [1.54, 1.807) is 11.8 Å². The first kappa shape index (κ1) is 13.9. The zero-order valence-corrected chi connectivity index (χ0v) is 12.0. The number of nitrogens with one attached hydrogen (secondary N) is 1. The quantitative estimate of drug-likeness (QED) is 0.856. The second kappa shape index (κ2) is 6.60. The number of aryl methyl sites for hydroxylation is 1. The number of rotatable bonds is 5. The van der Waals surface area contributed by atoms with Gasteiger partial charge in [0.1, 0.15) is 0 Å². The molecule has 0 fully saturated rings. The van der Waals surface area contributed by atoms with E-state index in [4.69, 9.17) is 0 Å². The van der Waals surface area contributed by atoms with E-state index in [0.29, 0.717) is 17.3 Å². The first-order valence-corrected chi connectivity index (χ1v) is 8.00. The summed E-state index contributed by atoms with van der Waals surface area (Å²) in [6.45, 7) is 2.43. The van der Waals surface area contributed by atoms with Crippen LogP contribution >= 0.6 is 11.8 Å². The maximum absolute atomic E-state index is 9.32. The van der Waals surface area contributed by atoms with Crippen LogP contribution in [0.2, 0.25) is 0 Å². The highest BCUT2D eigenvalue weighted by Crippen LogP contribution is 2.22. The van der Waals surface area contributed by atoms with Crippen LogP contribution in [0.4, 0.5) is 0 Å². The molecule has 3 atom stereocenters. The van der Waals surface area contributed by atoms with Crippen LogP contribution in [0.15, 0.2) is 24.3 Å². The summed E-state index contributed by atoms with van der Waals surface area (Å²) in [6, 6.07) is 9.66. The molecule has 0 bridgehead atoms. The van der Waals surface area contributed by atoms with Crippen LogP contribution in [0.1, 0.15) is 24.5 Å². The molecule has 2 rings (SSSR count). The van der Waals surface area contributed by atoms with Crippen molar-refractivity contribution < 1.29 is 5.11 Å². The van der Waals surface area contributed by atoms with Crippen LogP contribution in [0.5, 0.6) is 0 Å². The third-order valence-electron chi connectivity index (χ3n) is 3.89. The van der Waals surface area contributed by atoms with Crippen LogP contribution in [-0.4, -0.2) is 35.3 Å². The molecule has 0 aromatic heterocycles. The minimum atomic E-state index is 0.249. The molecule has 1 aromatic carbocycles. The van der Waals surface area contributed by atoms with Crippen LogP contribution in [-0.2, 0) is 12.8 Å². The number of hydrogen-bond donors (Lipinski definition) is 2. The maximum atomic E-state index is 9.32. The third-order valence-corrected chi connectivity index (χ3v) is 5.05. The Kier molecular flexibility index (Phi) is 5.10. The minimum absolute atomic E-state index is 0.249. The highest BCUT2D eigenvalue weighted by molar-refractivity contribution is 7.99. The van der Waals surface area contributed by atoms with Crippen molar-refractivity contribution in [1.29, 1.82) is 0 Å². The molecule has 3 unspecified atom stereocenters. The summed E-state index contributed by atoms with van der Waals surface area (Å²) in [6.07, 6.45) is 5.56. The van der Waals surface area contributed by atoms with Crippen LogP contribution < -0.4 is 5.32 Å². The van der Waals surface area contributed by atoms with Gasteiger partial charge in [-0.3, -0.25) is 0 Å². The Morgan fingerprint density at radius 3 is 2.78 bits per heavy atom. The van der Waals surface area contributed by atoms with Gasteiger partial charge in [-0.15, -0.1) is 0 Å². The van der Waals surface area contributed by atoms with Gasteiger partial charge in [0.15, 0.2) is 0 Å². The highest BCUT2D eigenvalue weighted by atomic mass is 32.2. The van der Waals surface area contributed by atoms with Gasteiger partial charge in [-0.05, 0) is 43.6 Å². The van der Waals surface area contributed by atoms with Crippen molar-refractivity contribution in [2.75, 3.05) is 12.9 Å². The SMILES string of the molecule is CSC(CO)C(C)NC1CCc2ccccc2C1. The van der Waals surface area contributed by atoms with Gasteiger partial charge in [0.05, 0.1) is 6.61 Å². The van der Waals surface area contributed by atoms with Crippen molar-refractivity contribution in [3.8, 4) is 0 Å². The van der Waals surface area contributed by atoms with Crippen LogP contribution in [0, 0.1) is 0 Å². The Morgan fingerprint density at radius 2 is 2.11 bits per heavy atom. The number of thioether (sulfide) groups is 1. The number of benzene rings is 1. The lowest BCUT2D eigenvalue weighted by molar-refractivity contribution is 0.267. The lowest BCUT2D eigenvalue weighted by atomic mass is 9.88. The van der Waals surface area contributed by atoms with Gasteiger partial charge in [-0.25, -0.2) is 0 Å². The lowest BCUT2D eigenvalue weighted by Crippen LogP contribution is -2.45. The summed E-state index contributed by atoms with van der Waals surface area (Å²) in [5, 5.41) is 13.3. The summed E-state index contributed by atoms with van der Waals surface area (Å²) in [5.41, 5.74) is 2.99. The van der Waals surface area contributed by atoms with Crippen molar-refractivity contribution in [2.45, 2.75) is 43.5 Å². The van der Waals surface area contributed by atoms with E-state index in [1.807, 2.05) is 0 Å². The van der Waals surface area contributed by atoms with E-state index in [9.17, 15) is 5.11 Å². The molecule has 0 amide bonds. The number of hydrogen-bond acceptors (Lipinski definition) is 3. The molecular formula is C15H23NOS. The van der Waals surface area contributed by atoms with E-state index in [2.05, 4.69) is 42.8 Å². The predicted molar refractivity (Wildman–Crippen MR) is 79.2 cm³/mol. The molecule has 1 aliphatic rings. The van der Waals surface area contributed by atoms with E-state index < -0.39 is 0 Å². The van der Waals surface area contributed by atoms with Crippen molar-refractivity contribution in [2.24, 2.45) is 0 Å². The Bertz CT molecular complexity index is 379. The predicted octanol–water partition coefficient (Wildman–Crippen LogP) is 2.25. The van der Waals surface area contributed by atoms with Gasteiger partial charge in [0, 0.05) is 17.3 Å². The smallest absolute Gasteiger partial charge is 0.0564 e. The van der Waals surface area contributed by atoms with Gasteiger partial charge in [-0.2, -0.15) is 11.8 Å².